The first-order valence-electron chi connectivity index (χ1n) is 12.0. The summed E-state index contributed by atoms with van der Waals surface area (Å²) < 4.78 is 3.07. The van der Waals surface area contributed by atoms with E-state index < -0.39 is 0 Å². The largest absolute Gasteiger partial charge is 0.331 e. The van der Waals surface area contributed by atoms with E-state index in [1.165, 1.54) is 10.1 Å². The first-order valence-corrected chi connectivity index (χ1v) is 12.0. The fourth-order valence-electron chi connectivity index (χ4n) is 4.52. The van der Waals surface area contributed by atoms with Gasteiger partial charge in [-0.2, -0.15) is 0 Å². The Kier molecular flexibility index (Phi) is 6.01. The van der Waals surface area contributed by atoms with Gasteiger partial charge in [0.1, 0.15) is 0 Å². The molecular formula is C29H28N2O3. The number of ketones is 1. The second-order valence-corrected chi connectivity index (χ2v) is 9.09. The molecule has 0 N–H and O–H groups in total. The van der Waals surface area contributed by atoms with Crippen LogP contribution in [-0.2, 0) is 19.5 Å². The number of benzene rings is 3. The quantitative estimate of drug-likeness (QED) is 0.356. The molecule has 5 rings (SSSR count). The highest BCUT2D eigenvalue weighted by Gasteiger charge is 2.24. The van der Waals surface area contributed by atoms with Crippen molar-refractivity contribution in [2.45, 2.75) is 51.6 Å². The van der Waals surface area contributed by atoms with Crippen LogP contribution in [0.15, 0.2) is 82.4 Å². The predicted molar refractivity (Wildman–Crippen MR) is 135 cm³/mol. The van der Waals surface area contributed by atoms with Gasteiger partial charge in [-0.15, -0.1) is 0 Å². The van der Waals surface area contributed by atoms with Crippen molar-refractivity contribution in [1.82, 2.24) is 9.13 Å². The average Bonchev–Trinajstić information content (AvgIpc) is 3.72. The van der Waals surface area contributed by atoms with Crippen LogP contribution in [0.25, 0.3) is 10.9 Å². The smallest absolute Gasteiger partial charge is 0.294 e. The van der Waals surface area contributed by atoms with E-state index in [1.807, 2.05) is 79.7 Å². The molecule has 0 aliphatic heterocycles. The van der Waals surface area contributed by atoms with Crippen LogP contribution in [0.4, 0.5) is 0 Å². The topological polar surface area (TPSA) is 61.1 Å². The standard InChI is InChI=1S/C29H28N2O3/c1-2-27(32)23-10-8-21(9-11-23)19-31-26-18-24(22-12-13-22)14-15-25(26)28(33)30(29(31)34)17-16-20-6-4-3-5-7-20/h3-11,14-15,18,22H,2,12-13,16-17,19H2,1H3. The maximum absolute atomic E-state index is 13.6. The first-order chi connectivity index (χ1) is 16.5. The minimum absolute atomic E-state index is 0.0951. The molecule has 172 valence electrons. The van der Waals surface area contributed by atoms with Crippen molar-refractivity contribution in [3.05, 3.63) is 116 Å². The van der Waals surface area contributed by atoms with Gasteiger partial charge >= 0.3 is 5.69 Å². The number of hydrogen-bond donors (Lipinski definition) is 0. The normalized spacial score (nSPS) is 13.3. The molecule has 5 heteroatoms. The highest BCUT2D eigenvalue weighted by atomic mass is 16.2. The summed E-state index contributed by atoms with van der Waals surface area (Å²) in [5, 5.41) is 0.565. The van der Waals surface area contributed by atoms with Gasteiger partial charge in [0, 0.05) is 18.5 Å². The summed E-state index contributed by atoms with van der Waals surface area (Å²) >= 11 is 0. The number of rotatable bonds is 8. The van der Waals surface area contributed by atoms with E-state index in [1.54, 1.807) is 4.57 Å². The molecule has 1 aliphatic carbocycles. The summed E-state index contributed by atoms with van der Waals surface area (Å²) in [6.45, 7) is 2.51. The van der Waals surface area contributed by atoms with Crippen molar-refractivity contribution in [2.24, 2.45) is 0 Å². The minimum Gasteiger partial charge on any atom is -0.294 e. The lowest BCUT2D eigenvalue weighted by Crippen LogP contribution is -2.40. The number of hydrogen-bond acceptors (Lipinski definition) is 3. The zero-order valence-electron chi connectivity index (χ0n) is 19.4. The van der Waals surface area contributed by atoms with E-state index in [0.29, 0.717) is 48.3 Å². The Labute approximate surface area is 198 Å². The van der Waals surface area contributed by atoms with Crippen LogP contribution in [-0.4, -0.2) is 14.9 Å². The third-order valence-electron chi connectivity index (χ3n) is 6.70. The second-order valence-electron chi connectivity index (χ2n) is 9.09. The number of aromatic nitrogens is 2. The number of fused-ring (bicyclic) bond motifs is 1. The van der Waals surface area contributed by atoms with E-state index in [9.17, 15) is 14.4 Å². The summed E-state index contributed by atoms with van der Waals surface area (Å²) in [5.41, 5.74) is 4.01. The van der Waals surface area contributed by atoms with E-state index >= 15 is 0 Å². The van der Waals surface area contributed by atoms with Crippen LogP contribution in [0.5, 0.6) is 0 Å². The molecule has 1 aromatic heterocycles. The highest BCUT2D eigenvalue weighted by Crippen LogP contribution is 2.40. The monoisotopic (exact) mass is 452 g/mol. The summed E-state index contributed by atoms with van der Waals surface area (Å²) in [6.07, 6.45) is 3.36. The van der Waals surface area contributed by atoms with Gasteiger partial charge in [-0.1, -0.05) is 67.6 Å². The van der Waals surface area contributed by atoms with E-state index in [4.69, 9.17) is 0 Å². The fourth-order valence-corrected chi connectivity index (χ4v) is 4.52. The zero-order chi connectivity index (χ0) is 23.7. The van der Waals surface area contributed by atoms with Crippen molar-refractivity contribution in [1.29, 1.82) is 0 Å². The molecule has 1 fully saturated rings. The van der Waals surface area contributed by atoms with Crippen LogP contribution in [0.3, 0.4) is 0 Å². The molecule has 0 atom stereocenters. The Morgan fingerprint density at radius 3 is 2.29 bits per heavy atom. The molecule has 0 unspecified atom stereocenters. The Morgan fingerprint density at radius 1 is 0.882 bits per heavy atom. The lowest BCUT2D eigenvalue weighted by atomic mass is 10.1. The summed E-state index contributed by atoms with van der Waals surface area (Å²) in [6, 6.07) is 23.2. The molecule has 5 nitrogen and oxygen atoms in total. The molecule has 0 spiro atoms. The molecule has 0 amide bonds. The second kappa shape index (κ2) is 9.26. The highest BCUT2D eigenvalue weighted by molar-refractivity contribution is 5.95. The molecule has 1 saturated carbocycles. The molecule has 0 saturated heterocycles. The van der Waals surface area contributed by atoms with Crippen molar-refractivity contribution in [3.63, 3.8) is 0 Å². The van der Waals surface area contributed by atoms with Gasteiger partial charge in [-0.25, -0.2) is 4.79 Å². The summed E-state index contributed by atoms with van der Waals surface area (Å²) in [7, 11) is 0. The van der Waals surface area contributed by atoms with Crippen molar-refractivity contribution < 1.29 is 4.79 Å². The van der Waals surface area contributed by atoms with Crippen molar-refractivity contribution in [3.8, 4) is 0 Å². The Balaban J connectivity index is 1.58. The van der Waals surface area contributed by atoms with Crippen LogP contribution in [0, 0.1) is 0 Å². The SMILES string of the molecule is CCC(=O)c1ccc(Cn2c(=O)n(CCc3ccccc3)c(=O)c3ccc(C4CC4)cc32)cc1. The number of Topliss-reactive ketones (excluding diaryl/α,β-unsaturated/α-hetero) is 1. The number of carbonyl (C=O) groups excluding carboxylic acids is 1. The molecule has 1 aliphatic rings. The fraction of sp³-hybridized carbons (Fsp3) is 0.276. The van der Waals surface area contributed by atoms with Crippen LogP contribution in [0.2, 0.25) is 0 Å². The summed E-state index contributed by atoms with van der Waals surface area (Å²) in [5.74, 6) is 0.616. The Morgan fingerprint density at radius 2 is 1.62 bits per heavy atom. The maximum Gasteiger partial charge on any atom is 0.331 e. The number of carbonyl (C=O) groups is 1. The van der Waals surface area contributed by atoms with Gasteiger partial charge in [0.05, 0.1) is 17.4 Å². The molecule has 4 aromatic rings. The van der Waals surface area contributed by atoms with E-state index in [0.717, 1.165) is 24.0 Å². The average molecular weight is 453 g/mol. The maximum atomic E-state index is 13.6. The van der Waals surface area contributed by atoms with Crippen LogP contribution < -0.4 is 11.2 Å². The van der Waals surface area contributed by atoms with Crippen LogP contribution >= 0.6 is 0 Å². The third-order valence-corrected chi connectivity index (χ3v) is 6.70. The van der Waals surface area contributed by atoms with Crippen molar-refractivity contribution >= 4 is 16.7 Å². The third kappa shape index (κ3) is 4.38. The van der Waals surface area contributed by atoms with Crippen LogP contribution in [0.1, 0.15) is 59.2 Å². The van der Waals surface area contributed by atoms with Crippen molar-refractivity contribution in [2.75, 3.05) is 0 Å². The Bertz CT molecular complexity index is 1460. The van der Waals surface area contributed by atoms with Gasteiger partial charge in [0.25, 0.3) is 5.56 Å². The lowest BCUT2D eigenvalue weighted by Gasteiger charge is -2.15. The van der Waals surface area contributed by atoms with Gasteiger partial charge in [0.15, 0.2) is 5.78 Å². The zero-order valence-corrected chi connectivity index (χ0v) is 19.4. The molecular weight excluding hydrogens is 424 g/mol. The molecule has 0 radical (unpaired) electrons. The minimum atomic E-state index is -0.296. The molecule has 1 heterocycles. The molecule has 34 heavy (non-hydrogen) atoms. The molecule has 3 aromatic carbocycles. The first kappa shape index (κ1) is 22.1. The number of aryl methyl sites for hydroxylation is 1. The number of nitrogens with zero attached hydrogens (tertiary/aromatic N) is 2. The van der Waals surface area contributed by atoms with E-state index in [-0.39, 0.29) is 17.0 Å². The van der Waals surface area contributed by atoms with Gasteiger partial charge in [-0.05, 0) is 54.0 Å². The molecule has 0 bridgehead atoms. The van der Waals surface area contributed by atoms with Gasteiger partial charge in [0.2, 0.25) is 0 Å². The van der Waals surface area contributed by atoms with Gasteiger partial charge in [-0.3, -0.25) is 18.7 Å². The predicted octanol–water partition coefficient (Wildman–Crippen LogP) is 4.92. The summed E-state index contributed by atoms with van der Waals surface area (Å²) in [4.78, 5) is 39.0. The van der Waals surface area contributed by atoms with Gasteiger partial charge < -0.3 is 0 Å². The van der Waals surface area contributed by atoms with E-state index in [2.05, 4.69) is 0 Å². The Hall–Kier alpha value is -3.73. The lowest BCUT2D eigenvalue weighted by molar-refractivity contribution is 0.0988.